The summed E-state index contributed by atoms with van der Waals surface area (Å²) in [5, 5.41) is 8.90. The van der Waals surface area contributed by atoms with Gasteiger partial charge in [-0.1, -0.05) is 164 Å². The number of esters is 2. The van der Waals surface area contributed by atoms with E-state index in [9.17, 15) is 23.8 Å². The second-order valence-corrected chi connectivity index (χ2v) is 16.6. The number of hydrogen-bond acceptors (Lipinski definition) is 9. The average molecular weight is 864 g/mol. The van der Waals surface area contributed by atoms with E-state index in [4.69, 9.17) is 24.8 Å². The van der Waals surface area contributed by atoms with Crippen molar-refractivity contribution < 1.29 is 47.5 Å². The van der Waals surface area contributed by atoms with E-state index >= 15 is 0 Å². The molecule has 0 rings (SSSR count). The fourth-order valence-electron chi connectivity index (χ4n) is 5.86. The minimum absolute atomic E-state index is 0.149. The predicted octanol–water partition coefficient (Wildman–Crippen LogP) is 12.5. The lowest BCUT2D eigenvalue weighted by Crippen LogP contribution is -2.34. The van der Waals surface area contributed by atoms with Gasteiger partial charge < -0.3 is 25.2 Å². The Hall–Kier alpha value is -3.08. The van der Waals surface area contributed by atoms with Gasteiger partial charge in [-0.2, -0.15) is 0 Å². The van der Waals surface area contributed by atoms with Gasteiger partial charge in [0.05, 0.1) is 13.2 Å². The third kappa shape index (κ3) is 41.6. The zero-order valence-corrected chi connectivity index (χ0v) is 38.2. The number of carboxylic acid groups (broad SMARTS) is 1. The van der Waals surface area contributed by atoms with Crippen LogP contribution in [0, 0.1) is 0 Å². The number of ether oxygens (including phenoxy) is 2. The van der Waals surface area contributed by atoms with Gasteiger partial charge in [-0.25, -0.2) is 4.57 Å². The Bertz CT molecular complexity index is 1290. The summed E-state index contributed by atoms with van der Waals surface area (Å²) in [6.45, 7) is 2.60. The maximum absolute atomic E-state index is 12.7. The van der Waals surface area contributed by atoms with E-state index in [1.165, 1.54) is 44.9 Å². The van der Waals surface area contributed by atoms with E-state index < -0.39 is 51.1 Å². The highest BCUT2D eigenvalue weighted by atomic mass is 31.2. The molecule has 0 aromatic rings. The van der Waals surface area contributed by atoms with Crippen LogP contribution in [0.2, 0.25) is 0 Å². The summed E-state index contributed by atoms with van der Waals surface area (Å²) >= 11 is 0. The molecule has 4 N–H and O–H groups in total. The Morgan fingerprint density at radius 1 is 0.533 bits per heavy atom. The first kappa shape index (κ1) is 56.9. The van der Waals surface area contributed by atoms with Gasteiger partial charge in [-0.15, -0.1) is 0 Å². The zero-order chi connectivity index (χ0) is 44.2. The van der Waals surface area contributed by atoms with Gasteiger partial charge in [0.25, 0.3) is 0 Å². The van der Waals surface area contributed by atoms with Gasteiger partial charge in [0, 0.05) is 12.8 Å². The highest BCUT2D eigenvalue weighted by molar-refractivity contribution is 7.47. The van der Waals surface area contributed by atoms with Crippen molar-refractivity contribution in [3.05, 3.63) is 72.9 Å². The van der Waals surface area contributed by atoms with Crippen molar-refractivity contribution in [3.8, 4) is 0 Å². The molecule has 11 nitrogen and oxygen atoms in total. The Balaban J connectivity index is 4.30. The van der Waals surface area contributed by atoms with E-state index in [0.717, 1.165) is 96.3 Å². The largest absolute Gasteiger partial charge is 0.480 e. The Labute approximate surface area is 363 Å². The standard InChI is InChI=1S/C48H82NO10P/c1-3-5-7-9-11-13-15-17-18-19-20-21-22-23-24-25-26-28-30-32-34-36-38-40-47(51)59-44(42-57-60(54,55)58-43-45(49)48(52)53)41-56-46(50)39-37-35-33-31-29-27-16-14-12-10-8-6-4-2/h5,7-8,10-11,13-14,16-18,20-21,44-45H,3-4,6,9,12,15,19,22-43,49H2,1-2H3,(H,52,53)(H,54,55)/b7-5-,10-8-,13-11-,16-14-,18-17-,21-20-. The van der Waals surface area contributed by atoms with Crippen LogP contribution in [0.3, 0.4) is 0 Å². The van der Waals surface area contributed by atoms with Crippen LogP contribution < -0.4 is 5.73 Å². The topological polar surface area (TPSA) is 172 Å². The second kappa shape index (κ2) is 42.6. The first-order chi connectivity index (χ1) is 29.1. The molecule has 0 aliphatic carbocycles. The number of carbonyl (C=O) groups excluding carboxylic acids is 2. The Kier molecular flexibility index (Phi) is 40.4. The molecule has 0 aromatic heterocycles. The van der Waals surface area contributed by atoms with E-state index in [1.807, 2.05) is 0 Å². The number of carboxylic acids is 1. The van der Waals surface area contributed by atoms with E-state index in [2.05, 4.69) is 91.3 Å². The fraction of sp³-hybridized carbons (Fsp3) is 0.688. The maximum atomic E-state index is 12.7. The lowest BCUT2D eigenvalue weighted by molar-refractivity contribution is -0.161. The van der Waals surface area contributed by atoms with Crippen LogP contribution >= 0.6 is 7.82 Å². The lowest BCUT2D eigenvalue weighted by atomic mass is 10.0. The van der Waals surface area contributed by atoms with Crippen LogP contribution in [0.4, 0.5) is 0 Å². The first-order valence-electron chi connectivity index (χ1n) is 23.0. The summed E-state index contributed by atoms with van der Waals surface area (Å²) in [6, 6.07) is -1.53. The third-order valence-corrected chi connectivity index (χ3v) is 10.4. The minimum Gasteiger partial charge on any atom is -0.480 e. The number of aliphatic carboxylic acids is 1. The van der Waals surface area contributed by atoms with Gasteiger partial charge >= 0.3 is 25.7 Å². The average Bonchev–Trinajstić information content (AvgIpc) is 3.22. The van der Waals surface area contributed by atoms with Crippen LogP contribution in [0.25, 0.3) is 0 Å². The van der Waals surface area contributed by atoms with E-state index in [1.54, 1.807) is 0 Å². The quantitative estimate of drug-likeness (QED) is 0.0231. The van der Waals surface area contributed by atoms with Crippen molar-refractivity contribution in [3.63, 3.8) is 0 Å². The number of carbonyl (C=O) groups is 3. The van der Waals surface area contributed by atoms with Crippen molar-refractivity contribution in [2.45, 2.75) is 193 Å². The van der Waals surface area contributed by atoms with Crippen LogP contribution in [-0.4, -0.2) is 59.9 Å². The van der Waals surface area contributed by atoms with Crippen molar-refractivity contribution in [2.75, 3.05) is 19.8 Å². The van der Waals surface area contributed by atoms with Gasteiger partial charge in [-0.3, -0.25) is 23.4 Å². The van der Waals surface area contributed by atoms with Gasteiger partial charge in [0.2, 0.25) is 0 Å². The number of phosphoric acid groups is 1. The smallest absolute Gasteiger partial charge is 0.472 e. The van der Waals surface area contributed by atoms with Crippen molar-refractivity contribution in [1.29, 1.82) is 0 Å². The number of rotatable bonds is 42. The number of nitrogens with two attached hydrogens (primary N) is 1. The van der Waals surface area contributed by atoms with E-state index in [0.29, 0.717) is 12.8 Å². The number of unbranched alkanes of at least 4 members (excludes halogenated alkanes) is 16. The molecule has 0 radical (unpaired) electrons. The molecule has 0 amide bonds. The number of allylic oxidation sites excluding steroid dienone is 12. The van der Waals surface area contributed by atoms with Gasteiger partial charge in [0.15, 0.2) is 6.10 Å². The van der Waals surface area contributed by atoms with Crippen LogP contribution in [0.1, 0.15) is 181 Å². The molecule has 0 aromatic carbocycles. The molecule has 0 aliphatic heterocycles. The highest BCUT2D eigenvalue weighted by Gasteiger charge is 2.28. The summed E-state index contributed by atoms with van der Waals surface area (Å²) < 4.78 is 32.7. The predicted molar refractivity (Wildman–Crippen MR) is 244 cm³/mol. The normalized spacial score (nSPS) is 14.3. The maximum Gasteiger partial charge on any atom is 0.472 e. The molecule has 3 atom stereocenters. The molecule has 12 heteroatoms. The fourth-order valence-corrected chi connectivity index (χ4v) is 6.64. The first-order valence-corrected chi connectivity index (χ1v) is 24.5. The molecule has 0 saturated carbocycles. The molecular weight excluding hydrogens is 781 g/mol. The Morgan fingerprint density at radius 2 is 0.933 bits per heavy atom. The molecule has 0 bridgehead atoms. The molecule has 0 saturated heterocycles. The molecule has 0 fully saturated rings. The SMILES string of the molecule is CC/C=C\C/C=C\C/C=C\C/C=C\CCCCCCCCCCCCC(=O)OC(COC(=O)CCCCCCC/C=C\C/C=C\CCC)COP(=O)(O)OCC(N)C(=O)O. The summed E-state index contributed by atoms with van der Waals surface area (Å²) in [7, 11) is -4.73. The highest BCUT2D eigenvalue weighted by Crippen LogP contribution is 2.43. The monoisotopic (exact) mass is 864 g/mol. The summed E-state index contributed by atoms with van der Waals surface area (Å²) in [5.74, 6) is -2.41. The molecule has 3 unspecified atom stereocenters. The van der Waals surface area contributed by atoms with Crippen LogP contribution in [-0.2, 0) is 37.5 Å². The minimum atomic E-state index is -4.73. The summed E-state index contributed by atoms with van der Waals surface area (Å²) in [5.41, 5.74) is 5.34. The molecule has 344 valence electrons. The molecule has 0 aliphatic rings. The molecule has 0 heterocycles. The lowest BCUT2D eigenvalue weighted by Gasteiger charge is -2.20. The number of phosphoric ester groups is 1. The van der Waals surface area contributed by atoms with Crippen LogP contribution in [0.5, 0.6) is 0 Å². The van der Waals surface area contributed by atoms with E-state index in [-0.39, 0.29) is 19.4 Å². The molecule has 0 spiro atoms. The van der Waals surface area contributed by atoms with Gasteiger partial charge in [-0.05, 0) is 77.0 Å². The molecule has 60 heavy (non-hydrogen) atoms. The Morgan fingerprint density at radius 3 is 1.40 bits per heavy atom. The zero-order valence-electron chi connectivity index (χ0n) is 37.3. The summed E-state index contributed by atoms with van der Waals surface area (Å²) in [6.07, 6.45) is 51.1. The third-order valence-electron chi connectivity index (χ3n) is 9.42. The number of hydrogen-bond donors (Lipinski definition) is 3. The van der Waals surface area contributed by atoms with Crippen LogP contribution in [0.15, 0.2) is 72.9 Å². The van der Waals surface area contributed by atoms with Crippen molar-refractivity contribution in [2.24, 2.45) is 5.73 Å². The summed E-state index contributed by atoms with van der Waals surface area (Å²) in [4.78, 5) is 46.0. The van der Waals surface area contributed by atoms with Crippen molar-refractivity contribution in [1.82, 2.24) is 0 Å². The molecular formula is C48H82NO10P. The second-order valence-electron chi connectivity index (χ2n) is 15.1. The van der Waals surface area contributed by atoms with Gasteiger partial charge in [0.1, 0.15) is 12.6 Å². The van der Waals surface area contributed by atoms with Crippen molar-refractivity contribution >= 4 is 25.7 Å².